The van der Waals surface area contributed by atoms with E-state index < -0.39 is 23.7 Å². The highest BCUT2D eigenvalue weighted by molar-refractivity contribution is 5.91. The van der Waals surface area contributed by atoms with Crippen LogP contribution in [-0.2, 0) is 16.1 Å². The number of ether oxygens (including phenoxy) is 1. The van der Waals surface area contributed by atoms with Gasteiger partial charge in [-0.15, -0.1) is 5.10 Å². The first-order valence-corrected chi connectivity index (χ1v) is 10.7. The minimum atomic E-state index is -1.19. The summed E-state index contributed by atoms with van der Waals surface area (Å²) in [5.41, 5.74) is 5.15. The second-order valence-corrected chi connectivity index (χ2v) is 9.60. The molecular weight excluding hydrogens is 417 g/mol. The third-order valence-corrected chi connectivity index (χ3v) is 6.20. The minimum Gasteiger partial charge on any atom is -0.389 e. The molecule has 2 aromatic rings. The third-order valence-electron chi connectivity index (χ3n) is 6.20. The molecule has 4 atom stereocenters. The van der Waals surface area contributed by atoms with E-state index >= 15 is 0 Å². The predicted molar refractivity (Wildman–Crippen MR) is 114 cm³/mol. The van der Waals surface area contributed by atoms with Crippen molar-refractivity contribution < 1.29 is 23.5 Å². The van der Waals surface area contributed by atoms with E-state index in [4.69, 9.17) is 10.5 Å². The molecule has 2 aliphatic rings. The molecule has 32 heavy (non-hydrogen) atoms. The number of fused-ring (bicyclic) bond motifs is 2. The number of primary amides is 1. The summed E-state index contributed by atoms with van der Waals surface area (Å²) in [4.78, 5) is 38.8. The highest BCUT2D eigenvalue weighted by atomic mass is 19.1. The molecular formula is C22H28FN5O4. The topological polar surface area (TPSA) is 120 Å². The molecule has 1 aliphatic carbocycles. The molecule has 1 aromatic heterocycles. The smallest absolute Gasteiger partial charge is 0.389 e. The Balaban J connectivity index is 1.49. The molecule has 4 rings (SSSR count). The minimum absolute atomic E-state index is 0.0187. The van der Waals surface area contributed by atoms with Crippen molar-refractivity contribution in [2.75, 3.05) is 6.54 Å². The monoisotopic (exact) mass is 445 g/mol. The Bertz CT molecular complexity index is 1060. The number of halogens is 1. The van der Waals surface area contributed by atoms with E-state index in [1.807, 2.05) is 0 Å². The van der Waals surface area contributed by atoms with Crippen molar-refractivity contribution in [3.05, 3.63) is 24.3 Å². The van der Waals surface area contributed by atoms with Crippen molar-refractivity contribution >= 4 is 28.8 Å². The molecule has 1 aromatic carbocycles. The number of para-hydroxylation sites is 1. The molecule has 1 saturated heterocycles. The van der Waals surface area contributed by atoms with Crippen LogP contribution in [0, 0.1) is 11.3 Å². The van der Waals surface area contributed by atoms with Gasteiger partial charge in [0.05, 0.1) is 10.9 Å². The van der Waals surface area contributed by atoms with E-state index in [0.29, 0.717) is 23.2 Å². The zero-order chi connectivity index (χ0) is 23.2. The van der Waals surface area contributed by atoms with Crippen LogP contribution in [0.5, 0.6) is 5.88 Å². The number of nitrogens with one attached hydrogen (secondary N) is 1. The molecule has 2 fully saturated rings. The quantitative estimate of drug-likeness (QED) is 0.705. The molecule has 3 amide bonds. The van der Waals surface area contributed by atoms with Crippen molar-refractivity contribution in [2.45, 2.75) is 58.4 Å². The first kappa shape index (κ1) is 22.0. The largest absolute Gasteiger partial charge is 0.411 e. The second kappa shape index (κ2) is 8.07. The van der Waals surface area contributed by atoms with Gasteiger partial charge in [0.25, 0.3) is 5.88 Å². The second-order valence-electron chi connectivity index (χ2n) is 9.60. The number of benzene rings is 1. The van der Waals surface area contributed by atoms with Gasteiger partial charge in [0.15, 0.2) is 0 Å². The average Bonchev–Trinajstić information content (AvgIpc) is 3.25. The van der Waals surface area contributed by atoms with Gasteiger partial charge < -0.3 is 20.7 Å². The number of likely N-dealkylation sites (tertiary alicyclic amines) is 1. The molecule has 2 heterocycles. The molecule has 172 valence electrons. The Kier molecular flexibility index (Phi) is 5.56. The predicted octanol–water partition coefficient (Wildman–Crippen LogP) is 1.98. The Morgan fingerprint density at radius 2 is 2.00 bits per heavy atom. The summed E-state index contributed by atoms with van der Waals surface area (Å²) < 4.78 is 20.7. The number of carbonyl (C=O) groups excluding carboxylic acids is 3. The summed E-state index contributed by atoms with van der Waals surface area (Å²) in [7, 11) is 0. The van der Waals surface area contributed by atoms with Gasteiger partial charge >= 0.3 is 6.09 Å². The number of alkyl halides is 1. The molecule has 1 unspecified atom stereocenters. The van der Waals surface area contributed by atoms with Crippen LogP contribution in [-0.4, -0.2) is 57.4 Å². The van der Waals surface area contributed by atoms with Crippen molar-refractivity contribution in [1.82, 2.24) is 20.0 Å². The van der Waals surface area contributed by atoms with Gasteiger partial charge in [-0.25, -0.2) is 9.18 Å². The molecule has 3 N–H and O–H groups in total. The van der Waals surface area contributed by atoms with Crippen LogP contribution in [0.4, 0.5) is 9.18 Å². The number of nitrogens with zero attached hydrogens (tertiary/aromatic N) is 3. The molecule has 0 bridgehead atoms. The van der Waals surface area contributed by atoms with Gasteiger partial charge in [0.2, 0.25) is 11.8 Å². The van der Waals surface area contributed by atoms with Crippen LogP contribution in [0.1, 0.15) is 33.6 Å². The third kappa shape index (κ3) is 4.26. The molecule has 9 nitrogen and oxygen atoms in total. The SMILES string of the molecule is CC(C)(C)C(F)CNC(=O)[C@@H]1C[C@H]2C[C@H]2N1C(=O)Cn1nc(OC(N)=O)c2ccccc21. The number of hydrogen-bond donors (Lipinski definition) is 2. The number of piperidine rings is 1. The van der Waals surface area contributed by atoms with Crippen molar-refractivity contribution in [2.24, 2.45) is 17.1 Å². The number of carbonyl (C=O) groups is 3. The number of rotatable bonds is 6. The van der Waals surface area contributed by atoms with Gasteiger partial charge in [-0.2, -0.15) is 0 Å². The lowest BCUT2D eigenvalue weighted by molar-refractivity contribution is -0.140. The first-order valence-electron chi connectivity index (χ1n) is 10.7. The van der Waals surface area contributed by atoms with E-state index in [0.717, 1.165) is 6.42 Å². The van der Waals surface area contributed by atoms with Gasteiger partial charge in [-0.05, 0) is 36.3 Å². The molecule has 0 radical (unpaired) electrons. The van der Waals surface area contributed by atoms with E-state index in [1.54, 1.807) is 49.9 Å². The number of amides is 3. The summed E-state index contributed by atoms with van der Waals surface area (Å²) in [6.45, 7) is 5.11. The van der Waals surface area contributed by atoms with Gasteiger partial charge in [0.1, 0.15) is 18.8 Å². The van der Waals surface area contributed by atoms with Crippen molar-refractivity contribution in [3.63, 3.8) is 0 Å². The molecule has 0 spiro atoms. The maximum Gasteiger partial charge on any atom is 0.411 e. The summed E-state index contributed by atoms with van der Waals surface area (Å²) in [5, 5.41) is 7.46. The van der Waals surface area contributed by atoms with Gasteiger partial charge in [-0.3, -0.25) is 14.3 Å². The van der Waals surface area contributed by atoms with E-state index in [9.17, 15) is 18.8 Å². The highest BCUT2D eigenvalue weighted by Gasteiger charge is 2.56. The van der Waals surface area contributed by atoms with Crippen molar-refractivity contribution in [3.8, 4) is 5.88 Å². The lowest BCUT2D eigenvalue weighted by atomic mass is 9.90. The number of hydrogen-bond acceptors (Lipinski definition) is 5. The summed E-state index contributed by atoms with van der Waals surface area (Å²) in [5.74, 6) is -0.277. The maximum atomic E-state index is 14.3. The molecule has 1 aliphatic heterocycles. The maximum absolute atomic E-state index is 14.3. The van der Waals surface area contributed by atoms with Crippen LogP contribution >= 0.6 is 0 Å². The summed E-state index contributed by atoms with van der Waals surface area (Å²) in [6, 6.07) is 6.41. The first-order chi connectivity index (χ1) is 15.1. The fourth-order valence-electron chi connectivity index (χ4n) is 4.26. The Morgan fingerprint density at radius 3 is 2.69 bits per heavy atom. The van der Waals surface area contributed by atoms with Gasteiger partial charge in [-0.1, -0.05) is 32.9 Å². The van der Waals surface area contributed by atoms with Gasteiger partial charge in [0, 0.05) is 12.6 Å². The fourth-order valence-corrected chi connectivity index (χ4v) is 4.26. The van der Waals surface area contributed by atoms with Crippen LogP contribution in [0.3, 0.4) is 0 Å². The summed E-state index contributed by atoms with van der Waals surface area (Å²) in [6.07, 6.45) is -0.750. The Morgan fingerprint density at radius 1 is 1.28 bits per heavy atom. The highest BCUT2D eigenvalue weighted by Crippen LogP contribution is 2.48. The molecule has 1 saturated carbocycles. The lowest BCUT2D eigenvalue weighted by Gasteiger charge is -2.28. The van der Waals surface area contributed by atoms with Crippen LogP contribution in [0.15, 0.2) is 24.3 Å². The normalized spacial score (nSPS) is 23.0. The van der Waals surface area contributed by atoms with Crippen LogP contribution in [0.2, 0.25) is 0 Å². The summed E-state index contributed by atoms with van der Waals surface area (Å²) >= 11 is 0. The standard InChI is InChI=1S/C22H28FN5O4/c1-22(2,3)17(23)10-25-19(30)16-9-12-8-15(12)28(16)18(29)11-27-14-7-5-4-6-13(14)20(26-27)32-21(24)31/h4-7,12,15-17H,8-11H2,1-3H3,(H2,24,31)(H,25,30)/t12-,15-,16+,17?/m1/s1. The van der Waals surface area contributed by atoms with Crippen LogP contribution < -0.4 is 15.8 Å². The lowest BCUT2D eigenvalue weighted by Crippen LogP contribution is -2.50. The average molecular weight is 445 g/mol. The van der Waals surface area contributed by atoms with E-state index in [2.05, 4.69) is 10.4 Å². The zero-order valence-corrected chi connectivity index (χ0v) is 18.4. The number of aromatic nitrogens is 2. The number of nitrogens with two attached hydrogens (primary N) is 1. The molecule has 10 heteroatoms. The zero-order valence-electron chi connectivity index (χ0n) is 18.4. The Hall–Kier alpha value is -3.17. The van der Waals surface area contributed by atoms with E-state index in [1.165, 1.54) is 4.68 Å². The fraction of sp³-hybridized carbons (Fsp3) is 0.545. The Labute approximate surface area is 185 Å². The van der Waals surface area contributed by atoms with Crippen molar-refractivity contribution in [1.29, 1.82) is 0 Å². The van der Waals surface area contributed by atoms with E-state index in [-0.39, 0.29) is 36.8 Å². The van der Waals surface area contributed by atoms with Crippen LogP contribution in [0.25, 0.3) is 10.9 Å².